The number of hydrogen-bond acceptors (Lipinski definition) is 5. The van der Waals surface area contributed by atoms with Gasteiger partial charge in [-0.15, -0.1) is 0 Å². The average Bonchev–Trinajstić information content (AvgIpc) is 2.98. The molecule has 0 radical (unpaired) electrons. The monoisotopic (exact) mass is 404 g/mol. The summed E-state index contributed by atoms with van der Waals surface area (Å²) in [4.78, 5) is 0. The van der Waals surface area contributed by atoms with Gasteiger partial charge in [0.2, 0.25) is 0 Å². The number of benzene rings is 2. The van der Waals surface area contributed by atoms with Crippen molar-refractivity contribution in [2.75, 3.05) is 19.8 Å². The van der Waals surface area contributed by atoms with Gasteiger partial charge in [-0.1, -0.05) is 29.8 Å². The lowest BCUT2D eigenvalue weighted by Gasteiger charge is -2.39. The van der Waals surface area contributed by atoms with Gasteiger partial charge >= 0.3 is 0 Å². The first-order valence-corrected chi connectivity index (χ1v) is 9.99. The molecule has 2 fully saturated rings. The summed E-state index contributed by atoms with van der Waals surface area (Å²) in [6.07, 6.45) is 0.771. The Labute approximate surface area is 169 Å². The lowest BCUT2D eigenvalue weighted by atomic mass is 9.88. The Morgan fingerprint density at radius 3 is 2.68 bits per heavy atom. The number of aliphatic hydroxyl groups is 2. The molecule has 2 aromatic carbocycles. The summed E-state index contributed by atoms with van der Waals surface area (Å²) in [5.74, 6) is -0.201. The fourth-order valence-electron chi connectivity index (χ4n) is 4.11. The third kappa shape index (κ3) is 3.65. The SMILES string of the molecule is CCOc1ccc(Cc2cc([C@]34C[C@@H](O)C[C@](CO)(CO3)O4)ccc2Cl)cc1. The third-order valence-electron chi connectivity index (χ3n) is 5.46. The van der Waals surface area contributed by atoms with Crippen molar-refractivity contribution in [2.45, 2.75) is 43.7 Å². The van der Waals surface area contributed by atoms with Crippen LogP contribution in [0.15, 0.2) is 42.5 Å². The van der Waals surface area contributed by atoms with Crippen molar-refractivity contribution in [1.82, 2.24) is 0 Å². The van der Waals surface area contributed by atoms with Crippen LogP contribution in [0.1, 0.15) is 36.5 Å². The van der Waals surface area contributed by atoms with Crippen LogP contribution < -0.4 is 4.74 Å². The number of ether oxygens (including phenoxy) is 3. The van der Waals surface area contributed by atoms with Crippen LogP contribution in [0.3, 0.4) is 0 Å². The largest absolute Gasteiger partial charge is 0.494 e. The van der Waals surface area contributed by atoms with E-state index in [1.165, 1.54) is 0 Å². The summed E-state index contributed by atoms with van der Waals surface area (Å²) >= 11 is 6.45. The van der Waals surface area contributed by atoms with Gasteiger partial charge in [-0.3, -0.25) is 0 Å². The zero-order valence-electron chi connectivity index (χ0n) is 15.9. The Morgan fingerprint density at radius 1 is 1.18 bits per heavy atom. The zero-order chi connectivity index (χ0) is 19.8. The van der Waals surface area contributed by atoms with Crippen LogP contribution in [0.2, 0.25) is 5.02 Å². The van der Waals surface area contributed by atoms with E-state index in [-0.39, 0.29) is 13.2 Å². The van der Waals surface area contributed by atoms with Gasteiger partial charge in [0.05, 0.1) is 25.9 Å². The highest BCUT2D eigenvalue weighted by atomic mass is 35.5. The number of rotatable bonds is 6. The van der Waals surface area contributed by atoms with E-state index in [9.17, 15) is 10.2 Å². The summed E-state index contributed by atoms with van der Waals surface area (Å²) < 4.78 is 17.7. The summed E-state index contributed by atoms with van der Waals surface area (Å²) in [5.41, 5.74) is 2.03. The molecule has 0 amide bonds. The minimum atomic E-state index is -1.04. The molecule has 2 aliphatic rings. The van der Waals surface area contributed by atoms with E-state index in [1.807, 2.05) is 49.4 Å². The molecule has 0 spiro atoms. The number of fused-ring (bicyclic) bond motifs is 2. The van der Waals surface area contributed by atoms with Crippen molar-refractivity contribution in [1.29, 1.82) is 0 Å². The summed E-state index contributed by atoms with van der Waals surface area (Å²) in [6, 6.07) is 13.6. The number of aliphatic hydroxyl groups excluding tert-OH is 2. The highest BCUT2D eigenvalue weighted by molar-refractivity contribution is 6.31. The lowest BCUT2D eigenvalue weighted by molar-refractivity contribution is -0.248. The summed E-state index contributed by atoms with van der Waals surface area (Å²) in [6.45, 7) is 2.67. The van der Waals surface area contributed by atoms with E-state index in [2.05, 4.69) is 0 Å². The van der Waals surface area contributed by atoms with Crippen molar-refractivity contribution in [3.63, 3.8) is 0 Å². The number of halogens is 1. The topological polar surface area (TPSA) is 68.2 Å². The van der Waals surface area contributed by atoms with Gasteiger partial charge < -0.3 is 24.4 Å². The quantitative estimate of drug-likeness (QED) is 0.772. The average molecular weight is 405 g/mol. The fraction of sp³-hybridized carbons (Fsp3) is 0.455. The Hall–Kier alpha value is -1.63. The smallest absolute Gasteiger partial charge is 0.198 e. The minimum absolute atomic E-state index is 0.182. The Kier molecular flexibility index (Phi) is 5.38. The molecule has 5 nitrogen and oxygen atoms in total. The van der Waals surface area contributed by atoms with Crippen molar-refractivity contribution < 1.29 is 24.4 Å². The molecule has 3 atom stereocenters. The molecule has 2 heterocycles. The van der Waals surface area contributed by atoms with Crippen molar-refractivity contribution in [2.24, 2.45) is 0 Å². The van der Waals surface area contributed by atoms with Crippen LogP contribution in [0.5, 0.6) is 5.75 Å². The van der Waals surface area contributed by atoms with E-state index in [1.54, 1.807) is 0 Å². The predicted octanol–water partition coefficient (Wildman–Crippen LogP) is 3.41. The van der Waals surface area contributed by atoms with E-state index < -0.39 is 17.5 Å². The molecule has 6 heteroatoms. The highest BCUT2D eigenvalue weighted by Gasteiger charge is 2.57. The molecule has 28 heavy (non-hydrogen) atoms. The Balaban J connectivity index is 1.60. The molecule has 2 saturated heterocycles. The van der Waals surface area contributed by atoms with Crippen LogP contribution in [-0.4, -0.2) is 41.7 Å². The molecular formula is C22H25ClO5. The maximum atomic E-state index is 10.3. The van der Waals surface area contributed by atoms with Gasteiger partial charge in [-0.2, -0.15) is 0 Å². The molecule has 150 valence electrons. The molecule has 0 unspecified atom stereocenters. The lowest BCUT2D eigenvalue weighted by Crippen LogP contribution is -2.47. The summed E-state index contributed by atoms with van der Waals surface area (Å²) in [7, 11) is 0. The highest BCUT2D eigenvalue weighted by Crippen LogP contribution is 2.49. The molecule has 2 N–H and O–H groups in total. The van der Waals surface area contributed by atoms with Crippen LogP contribution in [-0.2, 0) is 21.7 Å². The standard InChI is InChI=1S/C22H25ClO5/c1-2-26-19-6-3-15(4-7-19)9-16-10-17(5-8-20(16)23)22-12-18(25)11-21(13-24,28-22)14-27-22/h3-8,10,18,24-25H,2,9,11-14H2,1H3/t18-,21-,22+/m0/s1. The van der Waals surface area contributed by atoms with Gasteiger partial charge in [0.25, 0.3) is 0 Å². The van der Waals surface area contributed by atoms with Crippen molar-refractivity contribution in [3.8, 4) is 5.75 Å². The molecule has 2 aromatic rings. The van der Waals surface area contributed by atoms with Crippen molar-refractivity contribution in [3.05, 3.63) is 64.2 Å². The van der Waals surface area contributed by atoms with Crippen LogP contribution >= 0.6 is 11.6 Å². The molecule has 4 rings (SSSR count). The van der Waals surface area contributed by atoms with Gasteiger partial charge in [0.1, 0.15) is 11.4 Å². The first-order valence-electron chi connectivity index (χ1n) is 9.61. The van der Waals surface area contributed by atoms with E-state index in [4.69, 9.17) is 25.8 Å². The maximum absolute atomic E-state index is 10.3. The second-order valence-corrected chi connectivity index (χ2v) is 8.01. The predicted molar refractivity (Wildman–Crippen MR) is 106 cm³/mol. The van der Waals surface area contributed by atoms with E-state index in [0.717, 1.165) is 22.4 Å². The molecular weight excluding hydrogens is 380 g/mol. The van der Waals surface area contributed by atoms with Crippen LogP contribution in [0.4, 0.5) is 0 Å². The van der Waals surface area contributed by atoms with Crippen LogP contribution in [0.25, 0.3) is 0 Å². The molecule has 2 bridgehead atoms. The minimum Gasteiger partial charge on any atom is -0.494 e. The molecule has 0 aromatic heterocycles. The Morgan fingerprint density at radius 2 is 1.96 bits per heavy atom. The molecule has 0 aliphatic carbocycles. The maximum Gasteiger partial charge on any atom is 0.198 e. The molecule has 2 aliphatic heterocycles. The molecule has 0 saturated carbocycles. The van der Waals surface area contributed by atoms with Gasteiger partial charge in [0.15, 0.2) is 5.79 Å². The van der Waals surface area contributed by atoms with Crippen molar-refractivity contribution >= 4 is 11.6 Å². The van der Waals surface area contributed by atoms with E-state index in [0.29, 0.717) is 30.9 Å². The zero-order valence-corrected chi connectivity index (χ0v) is 16.6. The summed E-state index contributed by atoms with van der Waals surface area (Å²) in [5, 5.41) is 20.8. The Bertz CT molecular complexity index is 839. The fourth-order valence-corrected chi connectivity index (χ4v) is 4.29. The first-order chi connectivity index (χ1) is 13.5. The number of hydrogen-bond donors (Lipinski definition) is 2. The first kappa shape index (κ1) is 19.7. The van der Waals surface area contributed by atoms with Crippen LogP contribution in [0, 0.1) is 0 Å². The normalized spacial score (nSPS) is 29.1. The van der Waals surface area contributed by atoms with Gasteiger partial charge in [-0.25, -0.2) is 0 Å². The van der Waals surface area contributed by atoms with Gasteiger partial charge in [0, 0.05) is 23.4 Å². The van der Waals surface area contributed by atoms with Gasteiger partial charge in [-0.05, 0) is 48.7 Å². The second-order valence-electron chi connectivity index (χ2n) is 7.61. The van der Waals surface area contributed by atoms with E-state index >= 15 is 0 Å². The second kappa shape index (κ2) is 7.65. The third-order valence-corrected chi connectivity index (χ3v) is 5.83.